The molecule has 0 amide bonds. The lowest BCUT2D eigenvalue weighted by Crippen LogP contribution is -2.06. The normalized spacial score (nSPS) is 12.3. The zero-order valence-electron chi connectivity index (χ0n) is 11.5. The van der Waals surface area contributed by atoms with Gasteiger partial charge in [0.2, 0.25) is 0 Å². The summed E-state index contributed by atoms with van der Waals surface area (Å²) in [5.74, 6) is -0.176. The first-order chi connectivity index (χ1) is 8.45. The first-order valence-corrected chi connectivity index (χ1v) is 6.76. The maximum atomic E-state index is 11.3. The average molecular weight is 269 g/mol. The lowest BCUT2D eigenvalue weighted by Gasteiger charge is -2.15. The number of hydrogen-bond acceptors (Lipinski definition) is 2. The molecule has 0 aliphatic heterocycles. The lowest BCUT2D eigenvalue weighted by molar-refractivity contribution is -0.143. The quantitative estimate of drug-likeness (QED) is 0.590. The Bertz CT molecular complexity index is 427. The zero-order valence-corrected chi connectivity index (χ0v) is 12.3. The second-order valence-corrected chi connectivity index (χ2v) is 5.13. The van der Waals surface area contributed by atoms with Gasteiger partial charge in [-0.15, -0.1) is 11.6 Å². The summed E-state index contributed by atoms with van der Waals surface area (Å²) in [6, 6.07) is 4.26. The second kappa shape index (κ2) is 6.79. The monoisotopic (exact) mass is 268 g/mol. The Kier molecular flexibility index (Phi) is 5.67. The summed E-state index contributed by atoms with van der Waals surface area (Å²) in [7, 11) is 0. The van der Waals surface area contributed by atoms with Gasteiger partial charge < -0.3 is 4.74 Å². The van der Waals surface area contributed by atoms with E-state index < -0.39 is 0 Å². The van der Waals surface area contributed by atoms with E-state index in [0.29, 0.717) is 19.4 Å². The summed E-state index contributed by atoms with van der Waals surface area (Å²) in [5, 5.41) is -0.131. The topological polar surface area (TPSA) is 26.3 Å². The Morgan fingerprint density at radius 3 is 2.44 bits per heavy atom. The molecule has 2 nitrogen and oxygen atoms in total. The Morgan fingerprint density at radius 1 is 1.22 bits per heavy atom. The number of halogens is 1. The van der Waals surface area contributed by atoms with Gasteiger partial charge in [0, 0.05) is 6.42 Å². The standard InChI is InChI=1S/C15H21ClO2/c1-5-18-15(17)7-6-14(16)13-9-11(3)10(2)8-12(13)4/h8-9,14H,5-7H2,1-4H3. The number of carbonyl (C=O) groups is 1. The van der Waals surface area contributed by atoms with E-state index in [1.165, 1.54) is 16.7 Å². The van der Waals surface area contributed by atoms with Crippen LogP contribution in [0.1, 0.15) is 47.4 Å². The van der Waals surface area contributed by atoms with Crippen LogP contribution in [0, 0.1) is 20.8 Å². The molecule has 0 radical (unpaired) electrons. The van der Waals surface area contributed by atoms with Crippen LogP contribution in [0.3, 0.4) is 0 Å². The van der Waals surface area contributed by atoms with Crippen molar-refractivity contribution in [2.24, 2.45) is 0 Å². The third-order valence-corrected chi connectivity index (χ3v) is 3.58. The van der Waals surface area contributed by atoms with Crippen LogP contribution < -0.4 is 0 Å². The van der Waals surface area contributed by atoms with Crippen LogP contribution in [0.15, 0.2) is 12.1 Å². The molecule has 18 heavy (non-hydrogen) atoms. The van der Waals surface area contributed by atoms with Crippen LogP contribution in [0.4, 0.5) is 0 Å². The first-order valence-electron chi connectivity index (χ1n) is 6.33. The molecule has 0 N–H and O–H groups in total. The molecule has 1 rings (SSSR count). The highest BCUT2D eigenvalue weighted by Crippen LogP contribution is 2.30. The van der Waals surface area contributed by atoms with E-state index in [0.717, 1.165) is 5.56 Å². The summed E-state index contributed by atoms with van der Waals surface area (Å²) < 4.78 is 4.90. The molecule has 0 heterocycles. The predicted molar refractivity (Wildman–Crippen MR) is 75.1 cm³/mol. The van der Waals surface area contributed by atoms with Gasteiger partial charge in [0.05, 0.1) is 12.0 Å². The minimum Gasteiger partial charge on any atom is -0.466 e. The van der Waals surface area contributed by atoms with E-state index in [-0.39, 0.29) is 11.3 Å². The molecule has 0 bridgehead atoms. The lowest BCUT2D eigenvalue weighted by atomic mass is 9.97. The highest BCUT2D eigenvalue weighted by atomic mass is 35.5. The second-order valence-electron chi connectivity index (χ2n) is 4.60. The van der Waals surface area contributed by atoms with Gasteiger partial charge in [-0.2, -0.15) is 0 Å². The number of rotatable bonds is 5. The summed E-state index contributed by atoms with van der Waals surface area (Å²) in [4.78, 5) is 11.3. The van der Waals surface area contributed by atoms with Crippen molar-refractivity contribution in [1.29, 1.82) is 0 Å². The minimum absolute atomic E-state index is 0.131. The SMILES string of the molecule is CCOC(=O)CCC(Cl)c1cc(C)c(C)cc1C. The molecule has 0 aliphatic carbocycles. The molecular weight excluding hydrogens is 248 g/mol. The van der Waals surface area contributed by atoms with E-state index in [9.17, 15) is 4.79 Å². The number of hydrogen-bond donors (Lipinski definition) is 0. The Morgan fingerprint density at radius 2 is 1.83 bits per heavy atom. The van der Waals surface area contributed by atoms with Gasteiger partial charge in [-0.05, 0) is 56.4 Å². The number of carbonyl (C=O) groups excluding carboxylic acids is 1. The van der Waals surface area contributed by atoms with E-state index in [1.54, 1.807) is 0 Å². The fraction of sp³-hybridized carbons (Fsp3) is 0.533. The first kappa shape index (κ1) is 15.0. The number of ether oxygens (including phenoxy) is 1. The van der Waals surface area contributed by atoms with Crippen molar-refractivity contribution in [3.8, 4) is 0 Å². The van der Waals surface area contributed by atoms with Gasteiger partial charge in [-0.1, -0.05) is 12.1 Å². The van der Waals surface area contributed by atoms with Gasteiger partial charge in [-0.3, -0.25) is 4.79 Å². The summed E-state index contributed by atoms with van der Waals surface area (Å²) in [6.45, 7) is 8.46. The fourth-order valence-corrected chi connectivity index (χ4v) is 2.30. The Balaban J connectivity index is 2.69. The van der Waals surface area contributed by atoms with Crippen LogP contribution in [0.5, 0.6) is 0 Å². The number of esters is 1. The summed E-state index contributed by atoms with van der Waals surface area (Å²) in [5.41, 5.74) is 4.80. The van der Waals surface area contributed by atoms with E-state index in [1.807, 2.05) is 6.92 Å². The van der Waals surface area contributed by atoms with Gasteiger partial charge >= 0.3 is 5.97 Å². The highest BCUT2D eigenvalue weighted by molar-refractivity contribution is 6.21. The molecule has 100 valence electrons. The Hall–Kier alpha value is -1.02. The molecule has 1 aromatic rings. The van der Waals surface area contributed by atoms with E-state index in [2.05, 4.69) is 32.9 Å². The molecule has 0 saturated carbocycles. The van der Waals surface area contributed by atoms with Gasteiger partial charge in [0.15, 0.2) is 0 Å². The number of benzene rings is 1. The third-order valence-electron chi connectivity index (χ3n) is 3.13. The van der Waals surface area contributed by atoms with Gasteiger partial charge in [-0.25, -0.2) is 0 Å². The maximum Gasteiger partial charge on any atom is 0.305 e. The fourth-order valence-electron chi connectivity index (χ4n) is 1.95. The average Bonchev–Trinajstić information content (AvgIpc) is 2.31. The molecule has 0 aliphatic rings. The van der Waals surface area contributed by atoms with E-state index in [4.69, 9.17) is 16.3 Å². The Labute approximate surface area is 114 Å². The van der Waals surface area contributed by atoms with Gasteiger partial charge in [0.25, 0.3) is 0 Å². The van der Waals surface area contributed by atoms with Crippen LogP contribution in [0.25, 0.3) is 0 Å². The van der Waals surface area contributed by atoms with Crippen molar-refractivity contribution in [3.63, 3.8) is 0 Å². The molecule has 0 saturated heterocycles. The maximum absolute atomic E-state index is 11.3. The van der Waals surface area contributed by atoms with E-state index >= 15 is 0 Å². The minimum atomic E-state index is -0.176. The smallest absolute Gasteiger partial charge is 0.305 e. The van der Waals surface area contributed by atoms with Crippen LogP contribution in [-0.4, -0.2) is 12.6 Å². The van der Waals surface area contributed by atoms with Crippen LogP contribution in [0.2, 0.25) is 0 Å². The van der Waals surface area contributed by atoms with Gasteiger partial charge in [0.1, 0.15) is 0 Å². The highest BCUT2D eigenvalue weighted by Gasteiger charge is 2.14. The summed E-state index contributed by atoms with van der Waals surface area (Å²) >= 11 is 6.37. The molecule has 0 spiro atoms. The zero-order chi connectivity index (χ0) is 13.7. The van der Waals surface area contributed by atoms with Crippen molar-refractivity contribution in [2.75, 3.05) is 6.61 Å². The van der Waals surface area contributed by atoms with Crippen molar-refractivity contribution in [1.82, 2.24) is 0 Å². The summed E-state index contributed by atoms with van der Waals surface area (Å²) in [6.07, 6.45) is 0.984. The molecule has 1 aromatic carbocycles. The third kappa shape index (κ3) is 4.02. The molecule has 0 aromatic heterocycles. The number of alkyl halides is 1. The predicted octanol–water partition coefficient (Wildman–Crippen LogP) is 4.24. The molecule has 3 heteroatoms. The molecule has 0 fully saturated rings. The molecule has 1 unspecified atom stereocenters. The van der Waals surface area contributed by atoms with Crippen molar-refractivity contribution in [2.45, 2.75) is 45.9 Å². The molecule has 1 atom stereocenters. The largest absolute Gasteiger partial charge is 0.466 e. The van der Waals surface area contributed by atoms with Crippen LogP contribution in [-0.2, 0) is 9.53 Å². The van der Waals surface area contributed by atoms with Crippen molar-refractivity contribution in [3.05, 3.63) is 34.4 Å². The van der Waals surface area contributed by atoms with Crippen LogP contribution >= 0.6 is 11.6 Å². The van der Waals surface area contributed by atoms with Crippen molar-refractivity contribution >= 4 is 17.6 Å². The number of aryl methyl sites for hydroxylation is 3. The van der Waals surface area contributed by atoms with Crippen molar-refractivity contribution < 1.29 is 9.53 Å². The molecular formula is C15H21ClO2.